The van der Waals surface area contributed by atoms with E-state index in [1.165, 1.54) is 48.7 Å². The second kappa shape index (κ2) is 15.9. The predicted octanol–water partition coefficient (Wildman–Crippen LogP) is 4.19. The minimum Gasteiger partial charge on any atom is -0.475 e. The zero-order chi connectivity index (χ0) is 29.8. The smallest absolute Gasteiger partial charge is 0.475 e. The lowest BCUT2D eigenvalue weighted by Gasteiger charge is -2.27. The molecule has 0 saturated carbocycles. The van der Waals surface area contributed by atoms with Gasteiger partial charge in [0, 0.05) is 32.7 Å². The number of carbonyl (C=O) groups is 2. The first-order valence-electron chi connectivity index (χ1n) is 12.5. The molecule has 0 amide bonds. The maximum atomic E-state index is 10.6. The van der Waals surface area contributed by atoms with Crippen molar-refractivity contribution in [2.45, 2.75) is 31.6 Å². The van der Waals surface area contributed by atoms with Crippen molar-refractivity contribution in [1.82, 2.24) is 14.8 Å². The van der Waals surface area contributed by atoms with Gasteiger partial charge in [-0.15, -0.1) is 0 Å². The van der Waals surface area contributed by atoms with Crippen LogP contribution in [0, 0.1) is 0 Å². The zero-order valence-electron chi connectivity index (χ0n) is 21.6. The summed E-state index contributed by atoms with van der Waals surface area (Å²) in [4.78, 5) is 30.3. The number of anilines is 1. The number of nitrogens with zero attached hydrogens (tertiary/aromatic N) is 4. The van der Waals surface area contributed by atoms with Crippen LogP contribution in [0.15, 0.2) is 24.3 Å². The first kappa shape index (κ1) is 33.5. The van der Waals surface area contributed by atoms with Crippen LogP contribution < -0.4 is 4.90 Å². The molecule has 0 atom stereocenters. The monoisotopic (exact) mass is 602 g/mol. The van der Waals surface area contributed by atoms with Crippen molar-refractivity contribution in [2.24, 2.45) is 0 Å². The Morgan fingerprint density at radius 3 is 1.88 bits per heavy atom. The lowest BCUT2D eigenvalue weighted by Crippen LogP contribution is -2.37. The number of carboxylic acid groups (broad SMARTS) is 2. The van der Waals surface area contributed by atoms with Crippen molar-refractivity contribution in [1.29, 1.82) is 0 Å². The van der Waals surface area contributed by atoms with Crippen LogP contribution in [0.5, 0.6) is 0 Å². The van der Waals surface area contributed by atoms with E-state index in [-0.39, 0.29) is 0 Å². The van der Waals surface area contributed by atoms with Gasteiger partial charge in [0.15, 0.2) is 5.13 Å². The van der Waals surface area contributed by atoms with Gasteiger partial charge in [0.1, 0.15) is 0 Å². The van der Waals surface area contributed by atoms with Crippen molar-refractivity contribution in [3.8, 4) is 0 Å². The maximum Gasteiger partial charge on any atom is 0.490 e. The van der Waals surface area contributed by atoms with Crippen LogP contribution in [-0.2, 0) is 14.3 Å². The number of unbranched alkanes of at least 4 members (excludes halogenated alkanes) is 1. The highest BCUT2D eigenvalue weighted by Gasteiger charge is 2.38. The molecule has 2 saturated heterocycles. The highest BCUT2D eigenvalue weighted by atomic mass is 32.1. The first-order chi connectivity index (χ1) is 18.8. The minimum absolute atomic E-state index is 0.910. The molecule has 2 aromatic rings. The van der Waals surface area contributed by atoms with E-state index >= 15 is 0 Å². The molecule has 0 aliphatic carbocycles. The Morgan fingerprint density at radius 1 is 0.825 bits per heavy atom. The molecule has 40 heavy (non-hydrogen) atoms. The lowest BCUT2D eigenvalue weighted by atomic mass is 10.2. The Morgan fingerprint density at radius 2 is 1.35 bits per heavy atom. The van der Waals surface area contributed by atoms with Gasteiger partial charge in [-0.2, -0.15) is 26.3 Å². The molecule has 2 aliphatic heterocycles. The van der Waals surface area contributed by atoms with E-state index < -0.39 is 24.3 Å². The van der Waals surface area contributed by atoms with E-state index in [1.54, 1.807) is 0 Å². The summed E-state index contributed by atoms with van der Waals surface area (Å²) < 4.78 is 70.2. The highest BCUT2D eigenvalue weighted by molar-refractivity contribution is 7.22. The summed E-state index contributed by atoms with van der Waals surface area (Å²) >= 11 is 1.83. The molecule has 2 fully saturated rings. The van der Waals surface area contributed by atoms with E-state index in [1.807, 2.05) is 11.3 Å². The molecule has 16 heteroatoms. The van der Waals surface area contributed by atoms with Crippen LogP contribution in [-0.4, -0.2) is 115 Å². The van der Waals surface area contributed by atoms with Gasteiger partial charge in [-0.05, 0) is 51.0 Å². The van der Waals surface area contributed by atoms with Crippen molar-refractivity contribution < 1.29 is 50.9 Å². The largest absolute Gasteiger partial charge is 0.490 e. The summed E-state index contributed by atoms with van der Waals surface area (Å²) in [6.07, 6.45) is -6.32. The molecule has 0 unspecified atom stereocenters. The molecule has 9 nitrogen and oxygen atoms in total. The summed E-state index contributed by atoms with van der Waals surface area (Å²) in [5, 5.41) is 15.4. The Balaban J connectivity index is 0.000000333. The van der Waals surface area contributed by atoms with Gasteiger partial charge in [0.25, 0.3) is 0 Å². The molecule has 1 aromatic carbocycles. The number of alkyl halides is 6. The Kier molecular flexibility index (Phi) is 13.3. The van der Waals surface area contributed by atoms with Crippen LogP contribution in [0.3, 0.4) is 0 Å². The van der Waals surface area contributed by atoms with E-state index in [0.29, 0.717) is 0 Å². The van der Waals surface area contributed by atoms with Crippen molar-refractivity contribution >= 4 is 38.6 Å². The van der Waals surface area contributed by atoms with Gasteiger partial charge in [0.05, 0.1) is 23.4 Å². The van der Waals surface area contributed by atoms with Gasteiger partial charge >= 0.3 is 24.3 Å². The summed E-state index contributed by atoms with van der Waals surface area (Å²) in [6.45, 7) is 11.1. The summed E-state index contributed by atoms with van der Waals surface area (Å²) in [5.41, 5.74) is 1.14. The number of rotatable bonds is 6. The van der Waals surface area contributed by atoms with E-state index in [2.05, 4.69) is 39.0 Å². The standard InChI is InChI=1S/C20H30N4OS.2C2HF3O2/c1-2-7-19-18(6-1)21-20(26-19)24-11-5-10-22(12-13-24)8-3-4-9-23-14-16-25-17-15-23;2*3-2(4,5)1(6)7/h1-2,6-7H,3-5,8-17H2;2*(H,6,7). The number of aliphatic carboxylic acids is 2. The third-order valence-corrected chi connectivity index (χ3v) is 7.03. The Labute approximate surface area is 230 Å². The summed E-state index contributed by atoms with van der Waals surface area (Å²) in [6, 6.07) is 8.47. The maximum absolute atomic E-state index is 10.6. The number of fused-ring (bicyclic) bond motifs is 1. The van der Waals surface area contributed by atoms with Crippen molar-refractivity contribution in [3.05, 3.63) is 24.3 Å². The van der Waals surface area contributed by atoms with Gasteiger partial charge in [0.2, 0.25) is 0 Å². The van der Waals surface area contributed by atoms with E-state index in [9.17, 15) is 26.3 Å². The number of halogens is 6. The highest BCUT2D eigenvalue weighted by Crippen LogP contribution is 2.29. The van der Waals surface area contributed by atoms with Crippen LogP contribution in [0.1, 0.15) is 19.3 Å². The number of aromatic nitrogens is 1. The fraction of sp³-hybridized carbons (Fsp3) is 0.625. The van der Waals surface area contributed by atoms with Crippen LogP contribution in [0.25, 0.3) is 10.2 Å². The average Bonchev–Trinajstić information content (AvgIpc) is 3.18. The first-order valence-corrected chi connectivity index (χ1v) is 13.3. The normalized spacial score (nSPS) is 17.3. The van der Waals surface area contributed by atoms with Gasteiger partial charge in [-0.1, -0.05) is 23.5 Å². The Bertz CT molecular complexity index is 1010. The second-order valence-corrected chi connectivity index (χ2v) is 9.92. The van der Waals surface area contributed by atoms with Gasteiger partial charge in [-0.25, -0.2) is 14.6 Å². The molecule has 1 aromatic heterocycles. The quantitative estimate of drug-likeness (QED) is 0.372. The van der Waals surface area contributed by atoms with E-state index in [4.69, 9.17) is 29.5 Å². The van der Waals surface area contributed by atoms with Crippen LogP contribution in [0.2, 0.25) is 0 Å². The number of morpholine rings is 1. The number of thiazole rings is 1. The number of hydrogen-bond donors (Lipinski definition) is 2. The molecule has 2 N–H and O–H groups in total. The predicted molar refractivity (Wildman–Crippen MR) is 137 cm³/mol. The van der Waals surface area contributed by atoms with Crippen molar-refractivity contribution in [2.75, 3.05) is 70.5 Å². The summed E-state index contributed by atoms with van der Waals surface area (Å²) in [7, 11) is 0. The number of hydrogen-bond acceptors (Lipinski definition) is 8. The second-order valence-electron chi connectivity index (χ2n) is 8.91. The summed E-state index contributed by atoms with van der Waals surface area (Å²) in [5.74, 6) is -5.51. The molecular formula is C24H32F6N4O5S. The number of carboxylic acids is 2. The van der Waals surface area contributed by atoms with Crippen LogP contribution in [0.4, 0.5) is 31.5 Å². The Hall–Kier alpha value is -2.69. The molecule has 0 bridgehead atoms. The molecule has 4 rings (SSSR count). The van der Waals surface area contributed by atoms with Gasteiger partial charge < -0.3 is 24.7 Å². The fourth-order valence-corrected chi connectivity index (χ4v) is 4.89. The number of benzene rings is 1. The zero-order valence-corrected chi connectivity index (χ0v) is 22.4. The van der Waals surface area contributed by atoms with Crippen LogP contribution >= 0.6 is 11.3 Å². The third kappa shape index (κ3) is 12.2. The fourth-order valence-electron chi connectivity index (χ4n) is 3.88. The molecule has 2 aliphatic rings. The third-order valence-electron chi connectivity index (χ3n) is 5.93. The molecule has 0 radical (unpaired) electrons. The SMILES string of the molecule is O=C(O)C(F)(F)F.O=C(O)C(F)(F)F.c1ccc2sc(N3CCCN(CCCCN4CCOCC4)CC3)nc2c1. The van der Waals surface area contributed by atoms with Gasteiger partial charge in [-0.3, -0.25) is 4.90 Å². The molecule has 0 spiro atoms. The molecular weight excluding hydrogens is 570 g/mol. The average molecular weight is 603 g/mol. The molecule has 3 heterocycles. The molecule has 226 valence electrons. The lowest BCUT2D eigenvalue weighted by molar-refractivity contribution is -0.193. The number of ether oxygens (including phenoxy) is 1. The topological polar surface area (TPSA) is 106 Å². The number of para-hydroxylation sites is 1. The van der Waals surface area contributed by atoms with Crippen molar-refractivity contribution in [3.63, 3.8) is 0 Å². The van der Waals surface area contributed by atoms with E-state index in [0.717, 1.165) is 51.5 Å². The minimum atomic E-state index is -5.08.